The summed E-state index contributed by atoms with van der Waals surface area (Å²) in [5, 5.41) is 13.7. The van der Waals surface area contributed by atoms with E-state index in [9.17, 15) is 19.2 Å². The first-order chi connectivity index (χ1) is 10.2. The molecule has 0 spiro atoms. The largest absolute Gasteiger partial charge is 0.480 e. The van der Waals surface area contributed by atoms with Crippen molar-refractivity contribution in [2.24, 2.45) is 11.5 Å². The first-order valence-electron chi connectivity index (χ1n) is 6.55. The van der Waals surface area contributed by atoms with E-state index in [-0.39, 0.29) is 12.8 Å². The first-order valence-corrected chi connectivity index (χ1v) is 7.94. The van der Waals surface area contributed by atoms with E-state index in [1.807, 2.05) is 6.26 Å². The van der Waals surface area contributed by atoms with Crippen LogP contribution in [-0.4, -0.2) is 58.9 Å². The SMILES string of the molecule is CSCCC(NC(=O)C(C)NC(=O)C(N)CC(N)=O)C(=O)O. The van der Waals surface area contributed by atoms with Crippen LogP contribution in [0.25, 0.3) is 0 Å². The number of nitrogens with one attached hydrogen (secondary N) is 2. The summed E-state index contributed by atoms with van der Waals surface area (Å²) in [6, 6.07) is -3.17. The summed E-state index contributed by atoms with van der Waals surface area (Å²) >= 11 is 1.46. The van der Waals surface area contributed by atoms with Gasteiger partial charge in [-0.05, 0) is 25.4 Å². The predicted octanol–water partition coefficient (Wildman–Crippen LogP) is -1.98. The number of carbonyl (C=O) groups is 4. The van der Waals surface area contributed by atoms with E-state index < -0.39 is 41.8 Å². The van der Waals surface area contributed by atoms with Gasteiger partial charge in [-0.1, -0.05) is 0 Å². The van der Waals surface area contributed by atoms with Crippen molar-refractivity contribution in [1.29, 1.82) is 0 Å². The van der Waals surface area contributed by atoms with Gasteiger partial charge in [-0.25, -0.2) is 4.79 Å². The monoisotopic (exact) mass is 334 g/mol. The van der Waals surface area contributed by atoms with Gasteiger partial charge in [0.15, 0.2) is 0 Å². The van der Waals surface area contributed by atoms with Crippen molar-refractivity contribution in [3.63, 3.8) is 0 Å². The topological polar surface area (TPSA) is 165 Å². The third kappa shape index (κ3) is 7.84. The summed E-state index contributed by atoms with van der Waals surface area (Å²) in [5.74, 6) is -2.67. The van der Waals surface area contributed by atoms with Gasteiger partial charge < -0.3 is 27.2 Å². The van der Waals surface area contributed by atoms with Crippen LogP contribution in [0.5, 0.6) is 0 Å². The van der Waals surface area contributed by atoms with Gasteiger partial charge in [0.05, 0.1) is 12.5 Å². The number of primary amides is 1. The summed E-state index contributed by atoms with van der Waals surface area (Å²) in [7, 11) is 0. The van der Waals surface area contributed by atoms with Gasteiger partial charge in [-0.2, -0.15) is 11.8 Å². The second-order valence-corrected chi connectivity index (χ2v) is 5.67. The number of carboxylic acids is 1. The normalized spacial score (nSPS) is 14.5. The minimum Gasteiger partial charge on any atom is -0.480 e. The number of carboxylic acid groups (broad SMARTS) is 1. The average molecular weight is 334 g/mol. The fourth-order valence-corrected chi connectivity index (χ4v) is 1.96. The van der Waals surface area contributed by atoms with Crippen LogP contribution in [0.3, 0.4) is 0 Å². The molecule has 9 nitrogen and oxygen atoms in total. The lowest BCUT2D eigenvalue weighted by Crippen LogP contribution is -2.53. The van der Waals surface area contributed by atoms with Crippen molar-refractivity contribution in [3.8, 4) is 0 Å². The highest BCUT2D eigenvalue weighted by Gasteiger charge is 2.25. The summed E-state index contributed by atoms with van der Waals surface area (Å²) in [4.78, 5) is 45.2. The second kappa shape index (κ2) is 10.0. The Hall–Kier alpha value is -1.81. The van der Waals surface area contributed by atoms with Gasteiger partial charge in [-0.3, -0.25) is 14.4 Å². The highest BCUT2D eigenvalue weighted by Crippen LogP contribution is 2.01. The lowest BCUT2D eigenvalue weighted by molar-refractivity contribution is -0.142. The molecule has 0 heterocycles. The van der Waals surface area contributed by atoms with Crippen LogP contribution in [-0.2, 0) is 19.2 Å². The molecule has 0 aliphatic heterocycles. The van der Waals surface area contributed by atoms with Crippen LogP contribution < -0.4 is 22.1 Å². The first kappa shape index (κ1) is 20.2. The fraction of sp³-hybridized carbons (Fsp3) is 0.667. The van der Waals surface area contributed by atoms with E-state index in [2.05, 4.69) is 10.6 Å². The predicted molar refractivity (Wildman–Crippen MR) is 82.0 cm³/mol. The van der Waals surface area contributed by atoms with Crippen LogP contribution in [0.2, 0.25) is 0 Å². The van der Waals surface area contributed by atoms with E-state index in [0.29, 0.717) is 5.75 Å². The van der Waals surface area contributed by atoms with Crippen LogP contribution in [0.1, 0.15) is 19.8 Å². The molecule has 0 saturated carbocycles. The van der Waals surface area contributed by atoms with Crippen molar-refractivity contribution in [3.05, 3.63) is 0 Å². The molecule has 0 aliphatic rings. The lowest BCUT2D eigenvalue weighted by atomic mass is 10.1. The summed E-state index contributed by atoms with van der Waals surface area (Å²) in [6.45, 7) is 1.39. The number of aliphatic carboxylic acids is 1. The minimum atomic E-state index is -1.15. The number of amides is 3. The molecule has 3 atom stereocenters. The second-order valence-electron chi connectivity index (χ2n) is 4.69. The minimum absolute atomic E-state index is 0.268. The summed E-state index contributed by atoms with van der Waals surface area (Å²) < 4.78 is 0. The molecular formula is C12H22N4O5S. The van der Waals surface area contributed by atoms with Gasteiger partial charge >= 0.3 is 5.97 Å². The Bertz CT molecular complexity index is 432. The van der Waals surface area contributed by atoms with Crippen molar-refractivity contribution in [2.75, 3.05) is 12.0 Å². The van der Waals surface area contributed by atoms with Gasteiger partial charge in [-0.15, -0.1) is 0 Å². The maximum absolute atomic E-state index is 11.9. The number of hydrogen-bond acceptors (Lipinski definition) is 6. The molecule has 10 heteroatoms. The molecule has 126 valence electrons. The van der Waals surface area contributed by atoms with Gasteiger partial charge in [0.1, 0.15) is 12.1 Å². The number of nitrogens with two attached hydrogens (primary N) is 2. The van der Waals surface area contributed by atoms with E-state index in [4.69, 9.17) is 16.6 Å². The number of rotatable bonds is 10. The van der Waals surface area contributed by atoms with E-state index in [0.717, 1.165) is 0 Å². The Morgan fingerprint density at radius 1 is 1.18 bits per heavy atom. The molecule has 0 aliphatic carbocycles. The zero-order chi connectivity index (χ0) is 17.3. The molecule has 0 aromatic rings. The molecule has 0 radical (unpaired) electrons. The van der Waals surface area contributed by atoms with Gasteiger partial charge in [0, 0.05) is 0 Å². The smallest absolute Gasteiger partial charge is 0.326 e. The Morgan fingerprint density at radius 2 is 1.77 bits per heavy atom. The highest BCUT2D eigenvalue weighted by molar-refractivity contribution is 7.98. The molecule has 0 rings (SSSR count). The van der Waals surface area contributed by atoms with Crippen molar-refractivity contribution in [1.82, 2.24) is 10.6 Å². The Morgan fingerprint density at radius 3 is 2.23 bits per heavy atom. The molecular weight excluding hydrogens is 312 g/mol. The molecule has 22 heavy (non-hydrogen) atoms. The van der Waals surface area contributed by atoms with Crippen LogP contribution in [0.4, 0.5) is 0 Å². The van der Waals surface area contributed by atoms with Crippen LogP contribution >= 0.6 is 11.8 Å². The van der Waals surface area contributed by atoms with Crippen molar-refractivity contribution < 1.29 is 24.3 Å². The van der Waals surface area contributed by atoms with Crippen molar-refractivity contribution in [2.45, 2.75) is 37.9 Å². The molecule has 0 aromatic carbocycles. The van der Waals surface area contributed by atoms with E-state index in [1.165, 1.54) is 18.7 Å². The third-order valence-corrected chi connectivity index (χ3v) is 3.38. The van der Waals surface area contributed by atoms with Gasteiger partial charge in [0.25, 0.3) is 0 Å². The Balaban J connectivity index is 4.48. The fourth-order valence-electron chi connectivity index (χ4n) is 1.49. The van der Waals surface area contributed by atoms with E-state index in [1.54, 1.807) is 0 Å². The molecule has 0 bridgehead atoms. The molecule has 0 saturated heterocycles. The van der Waals surface area contributed by atoms with E-state index >= 15 is 0 Å². The molecule has 0 fully saturated rings. The molecule has 3 amide bonds. The Kier molecular flexibility index (Phi) is 9.18. The zero-order valence-electron chi connectivity index (χ0n) is 12.5. The summed E-state index contributed by atoms with van der Waals surface area (Å²) in [6.07, 6.45) is 1.75. The maximum atomic E-state index is 11.9. The maximum Gasteiger partial charge on any atom is 0.326 e. The van der Waals surface area contributed by atoms with Crippen molar-refractivity contribution >= 4 is 35.5 Å². The highest BCUT2D eigenvalue weighted by atomic mass is 32.2. The van der Waals surface area contributed by atoms with Crippen LogP contribution in [0, 0.1) is 0 Å². The number of hydrogen-bond donors (Lipinski definition) is 5. The summed E-state index contributed by atoms with van der Waals surface area (Å²) in [5.41, 5.74) is 10.4. The number of thioether (sulfide) groups is 1. The third-order valence-electron chi connectivity index (χ3n) is 2.74. The average Bonchev–Trinajstić information content (AvgIpc) is 2.41. The molecule has 3 unspecified atom stereocenters. The van der Waals surface area contributed by atoms with Gasteiger partial charge in [0.2, 0.25) is 17.7 Å². The quantitative estimate of drug-likeness (QED) is 0.309. The molecule has 0 aromatic heterocycles. The lowest BCUT2D eigenvalue weighted by Gasteiger charge is -2.19. The Labute approximate surface area is 132 Å². The molecule has 7 N–H and O–H groups in total. The number of carbonyl (C=O) groups excluding carboxylic acids is 3. The zero-order valence-corrected chi connectivity index (χ0v) is 13.3. The standard InChI is InChI=1S/C12H22N4O5S/c1-6(15-11(19)7(13)5-9(14)17)10(18)16-8(12(20)21)3-4-22-2/h6-8H,3-5,13H2,1-2H3,(H2,14,17)(H,15,19)(H,16,18)(H,20,21). The van der Waals surface area contributed by atoms with Crippen LogP contribution in [0.15, 0.2) is 0 Å².